The summed E-state index contributed by atoms with van der Waals surface area (Å²) < 4.78 is 5.51. The van der Waals surface area contributed by atoms with Gasteiger partial charge in [-0.1, -0.05) is 26.0 Å². The van der Waals surface area contributed by atoms with Crippen LogP contribution in [-0.4, -0.2) is 25.1 Å². The fourth-order valence-electron chi connectivity index (χ4n) is 2.23. The largest absolute Gasteiger partial charge is 0.450 e. The third-order valence-corrected chi connectivity index (χ3v) is 3.74. The van der Waals surface area contributed by atoms with Gasteiger partial charge in [0.1, 0.15) is 6.54 Å². The lowest BCUT2D eigenvalue weighted by Crippen LogP contribution is -3.04. The molecule has 0 bridgehead atoms. The van der Waals surface area contributed by atoms with Crippen LogP contribution in [0.15, 0.2) is 40.8 Å². The van der Waals surface area contributed by atoms with Crippen molar-refractivity contribution in [3.05, 3.63) is 53.5 Å². The van der Waals surface area contributed by atoms with Gasteiger partial charge in [-0.15, -0.1) is 0 Å². The summed E-state index contributed by atoms with van der Waals surface area (Å²) in [6.07, 6.45) is 0. The SMILES string of the molecule is CC(C)c1ccc(NC(=S)NNC(=O)c2ccc(C[NH+](C)C)o2)cc1. The van der Waals surface area contributed by atoms with Crippen LogP contribution in [-0.2, 0) is 6.54 Å². The van der Waals surface area contributed by atoms with Crippen LogP contribution < -0.4 is 21.1 Å². The highest BCUT2D eigenvalue weighted by atomic mass is 32.1. The molecule has 0 saturated carbocycles. The Hall–Kier alpha value is -2.38. The number of carbonyl (C=O) groups excluding carboxylic acids is 1. The first-order valence-corrected chi connectivity index (χ1v) is 8.61. The quantitative estimate of drug-likeness (QED) is 0.482. The molecule has 0 aliphatic carbocycles. The maximum absolute atomic E-state index is 12.1. The Labute approximate surface area is 153 Å². The van der Waals surface area contributed by atoms with Crippen molar-refractivity contribution < 1.29 is 14.1 Å². The first-order valence-electron chi connectivity index (χ1n) is 8.20. The Kier molecular flexibility index (Phi) is 6.55. The molecule has 25 heavy (non-hydrogen) atoms. The normalized spacial score (nSPS) is 10.8. The summed E-state index contributed by atoms with van der Waals surface area (Å²) in [6.45, 7) is 5.00. The van der Waals surface area contributed by atoms with E-state index in [0.717, 1.165) is 11.4 Å². The molecular weight excluding hydrogens is 336 g/mol. The van der Waals surface area contributed by atoms with Crippen LogP contribution in [0.3, 0.4) is 0 Å². The van der Waals surface area contributed by atoms with Crippen LogP contribution in [0.5, 0.6) is 0 Å². The minimum absolute atomic E-state index is 0.243. The lowest BCUT2D eigenvalue weighted by Gasteiger charge is -2.12. The van der Waals surface area contributed by atoms with E-state index >= 15 is 0 Å². The summed E-state index contributed by atoms with van der Waals surface area (Å²) in [6, 6.07) is 11.4. The summed E-state index contributed by atoms with van der Waals surface area (Å²) in [4.78, 5) is 13.3. The number of carbonyl (C=O) groups is 1. The van der Waals surface area contributed by atoms with E-state index in [-0.39, 0.29) is 11.7 Å². The zero-order chi connectivity index (χ0) is 18.4. The molecule has 2 rings (SSSR count). The number of anilines is 1. The lowest BCUT2D eigenvalue weighted by molar-refractivity contribution is -0.873. The summed E-state index contributed by atoms with van der Waals surface area (Å²) >= 11 is 5.18. The van der Waals surface area contributed by atoms with E-state index in [4.69, 9.17) is 16.6 Å². The molecule has 1 aromatic heterocycles. The van der Waals surface area contributed by atoms with E-state index in [0.29, 0.717) is 17.6 Å². The Morgan fingerprint density at radius 3 is 2.40 bits per heavy atom. The number of thiocarbonyl (C=S) groups is 1. The van der Waals surface area contributed by atoms with Crippen LogP contribution >= 0.6 is 12.2 Å². The molecule has 1 heterocycles. The number of benzene rings is 1. The van der Waals surface area contributed by atoms with Gasteiger partial charge in [-0.05, 0) is 48.0 Å². The average Bonchev–Trinajstić information content (AvgIpc) is 3.01. The van der Waals surface area contributed by atoms with Gasteiger partial charge in [-0.25, -0.2) is 0 Å². The van der Waals surface area contributed by atoms with Gasteiger partial charge >= 0.3 is 5.91 Å². The molecule has 7 heteroatoms. The molecule has 0 radical (unpaired) electrons. The van der Waals surface area contributed by atoms with Crippen molar-refractivity contribution >= 4 is 28.9 Å². The lowest BCUT2D eigenvalue weighted by atomic mass is 10.0. The maximum atomic E-state index is 12.1. The molecule has 2 aromatic rings. The van der Waals surface area contributed by atoms with Crippen LogP contribution in [0.25, 0.3) is 0 Å². The van der Waals surface area contributed by atoms with Crippen LogP contribution in [0.4, 0.5) is 5.69 Å². The predicted octanol–water partition coefficient (Wildman–Crippen LogP) is 1.68. The van der Waals surface area contributed by atoms with Gasteiger partial charge in [-0.2, -0.15) is 0 Å². The van der Waals surface area contributed by atoms with Gasteiger partial charge in [-0.3, -0.25) is 15.6 Å². The van der Waals surface area contributed by atoms with Gasteiger partial charge in [0.15, 0.2) is 16.6 Å². The molecule has 0 fully saturated rings. The third-order valence-electron chi connectivity index (χ3n) is 3.54. The number of rotatable bonds is 5. The second-order valence-corrected chi connectivity index (χ2v) is 6.87. The first kappa shape index (κ1) is 19.0. The van der Waals surface area contributed by atoms with Crippen LogP contribution in [0, 0.1) is 0 Å². The van der Waals surface area contributed by atoms with E-state index in [2.05, 4.69) is 30.0 Å². The van der Waals surface area contributed by atoms with Gasteiger partial charge in [0.05, 0.1) is 14.1 Å². The number of hydrogen-bond acceptors (Lipinski definition) is 3. The molecule has 0 saturated heterocycles. The standard InChI is InChI=1S/C18H24N4O2S/c1-12(2)13-5-7-14(8-6-13)19-18(25)21-20-17(23)16-10-9-15(24-16)11-22(3)4/h5-10,12H,11H2,1-4H3,(H,20,23)(H2,19,21,25)/p+1. The molecule has 1 amide bonds. The fraction of sp³-hybridized carbons (Fsp3) is 0.333. The molecule has 0 spiro atoms. The summed E-state index contributed by atoms with van der Waals surface area (Å²) in [5.41, 5.74) is 7.30. The van der Waals surface area contributed by atoms with Crippen molar-refractivity contribution in [2.24, 2.45) is 0 Å². The van der Waals surface area contributed by atoms with Crippen molar-refractivity contribution in [1.29, 1.82) is 0 Å². The maximum Gasteiger partial charge on any atom is 0.305 e. The number of amides is 1. The summed E-state index contributed by atoms with van der Waals surface area (Å²) in [7, 11) is 4.03. The highest BCUT2D eigenvalue weighted by molar-refractivity contribution is 7.80. The molecule has 6 nitrogen and oxygen atoms in total. The van der Waals surface area contributed by atoms with E-state index in [1.54, 1.807) is 12.1 Å². The smallest absolute Gasteiger partial charge is 0.305 e. The van der Waals surface area contributed by atoms with Crippen molar-refractivity contribution in [3.8, 4) is 0 Å². The average molecular weight is 361 g/mol. The Bertz CT molecular complexity index is 723. The third kappa shape index (κ3) is 5.88. The predicted molar refractivity (Wildman–Crippen MR) is 103 cm³/mol. The van der Waals surface area contributed by atoms with E-state index in [9.17, 15) is 4.79 Å². The van der Waals surface area contributed by atoms with Crippen molar-refractivity contribution in [1.82, 2.24) is 10.9 Å². The highest BCUT2D eigenvalue weighted by Gasteiger charge is 2.12. The number of quaternary nitrogens is 1. The molecular formula is C18H25N4O2S+. The number of hydrogen-bond donors (Lipinski definition) is 4. The van der Waals surface area contributed by atoms with Crippen molar-refractivity contribution in [3.63, 3.8) is 0 Å². The number of nitrogens with one attached hydrogen (secondary N) is 4. The topological polar surface area (TPSA) is 70.7 Å². The minimum Gasteiger partial charge on any atom is -0.450 e. The molecule has 0 aliphatic heterocycles. The molecule has 4 N–H and O–H groups in total. The Morgan fingerprint density at radius 2 is 1.80 bits per heavy atom. The van der Waals surface area contributed by atoms with Gasteiger partial charge in [0.2, 0.25) is 0 Å². The summed E-state index contributed by atoms with van der Waals surface area (Å²) in [5.74, 6) is 1.11. The second kappa shape index (κ2) is 8.64. The van der Waals surface area contributed by atoms with Crippen LogP contribution in [0.2, 0.25) is 0 Å². The molecule has 0 atom stereocenters. The zero-order valence-electron chi connectivity index (χ0n) is 15.0. The molecule has 0 aliphatic rings. The molecule has 134 valence electrons. The highest BCUT2D eigenvalue weighted by Crippen LogP contribution is 2.16. The molecule has 1 aromatic carbocycles. The van der Waals surface area contributed by atoms with Gasteiger partial charge in [0.25, 0.3) is 0 Å². The monoisotopic (exact) mass is 361 g/mol. The van der Waals surface area contributed by atoms with Gasteiger partial charge in [0, 0.05) is 5.69 Å². The van der Waals surface area contributed by atoms with Crippen molar-refractivity contribution in [2.45, 2.75) is 26.3 Å². The Morgan fingerprint density at radius 1 is 1.12 bits per heavy atom. The van der Waals surface area contributed by atoms with Gasteiger partial charge < -0.3 is 14.6 Å². The Balaban J connectivity index is 1.82. The first-order chi connectivity index (χ1) is 11.8. The fourth-order valence-corrected chi connectivity index (χ4v) is 2.40. The van der Waals surface area contributed by atoms with E-state index in [1.165, 1.54) is 10.5 Å². The van der Waals surface area contributed by atoms with E-state index in [1.807, 2.05) is 38.4 Å². The zero-order valence-corrected chi connectivity index (χ0v) is 15.8. The molecule has 0 unspecified atom stereocenters. The number of hydrazine groups is 1. The minimum atomic E-state index is -0.376. The van der Waals surface area contributed by atoms with Crippen LogP contribution in [0.1, 0.15) is 41.6 Å². The summed E-state index contributed by atoms with van der Waals surface area (Å²) in [5, 5.41) is 3.32. The van der Waals surface area contributed by atoms with Crippen molar-refractivity contribution in [2.75, 3.05) is 19.4 Å². The van der Waals surface area contributed by atoms with E-state index < -0.39 is 0 Å². The number of furan rings is 1. The second-order valence-electron chi connectivity index (χ2n) is 6.46.